The quantitative estimate of drug-likeness (QED) is 0.672. The highest BCUT2D eigenvalue weighted by atomic mass is 16.3. The van der Waals surface area contributed by atoms with Gasteiger partial charge in [0.25, 0.3) is 0 Å². The molecule has 0 spiro atoms. The van der Waals surface area contributed by atoms with E-state index in [1.807, 2.05) is 26.0 Å². The van der Waals surface area contributed by atoms with Gasteiger partial charge < -0.3 is 14.8 Å². The van der Waals surface area contributed by atoms with E-state index in [4.69, 9.17) is 0 Å². The van der Waals surface area contributed by atoms with Gasteiger partial charge in [0.05, 0.1) is 18.2 Å². The van der Waals surface area contributed by atoms with Crippen molar-refractivity contribution in [3.8, 4) is 0 Å². The molecule has 154 valence electrons. The molecule has 0 saturated heterocycles. The highest BCUT2D eigenvalue weighted by Crippen LogP contribution is 2.33. The van der Waals surface area contributed by atoms with Crippen molar-refractivity contribution in [1.29, 1.82) is 0 Å². The van der Waals surface area contributed by atoms with Crippen LogP contribution < -0.4 is 0 Å². The van der Waals surface area contributed by atoms with Crippen molar-refractivity contribution in [2.45, 2.75) is 58.4 Å². The second-order valence-corrected chi connectivity index (χ2v) is 8.95. The van der Waals surface area contributed by atoms with E-state index >= 15 is 0 Å². The summed E-state index contributed by atoms with van der Waals surface area (Å²) >= 11 is 0. The fourth-order valence-corrected chi connectivity index (χ4v) is 4.30. The first-order chi connectivity index (χ1) is 13.8. The van der Waals surface area contributed by atoms with Crippen molar-refractivity contribution in [2.75, 3.05) is 13.1 Å². The summed E-state index contributed by atoms with van der Waals surface area (Å²) in [6.45, 7) is 9.16. The topological polar surface area (TPSA) is 61.5 Å². The van der Waals surface area contributed by atoms with Crippen LogP contribution in [-0.2, 0) is 19.5 Å². The number of hydrogen-bond donors (Lipinski definition) is 2. The lowest BCUT2D eigenvalue weighted by atomic mass is 10.0. The number of aromatic nitrogens is 2. The van der Waals surface area contributed by atoms with Gasteiger partial charge >= 0.3 is 0 Å². The van der Waals surface area contributed by atoms with Crippen LogP contribution in [0.1, 0.15) is 48.8 Å². The Morgan fingerprint density at radius 2 is 2.07 bits per heavy atom. The number of aliphatic hydroxyl groups excluding tert-OH is 1. The third kappa shape index (κ3) is 4.37. The molecule has 5 nitrogen and oxygen atoms in total. The van der Waals surface area contributed by atoms with Crippen molar-refractivity contribution in [3.63, 3.8) is 0 Å². The lowest BCUT2D eigenvalue weighted by Gasteiger charge is -2.30. The van der Waals surface area contributed by atoms with E-state index in [2.05, 4.69) is 39.6 Å². The Hall–Kier alpha value is -2.21. The predicted molar refractivity (Wildman–Crippen MR) is 116 cm³/mol. The Morgan fingerprint density at radius 3 is 2.79 bits per heavy atom. The third-order valence-corrected chi connectivity index (χ3v) is 5.95. The normalized spacial score (nSPS) is 16.2. The molecule has 29 heavy (non-hydrogen) atoms. The molecular formula is C24H31N3O2. The van der Waals surface area contributed by atoms with Gasteiger partial charge in [-0.15, -0.1) is 0 Å². The standard InChI is InChI=1S/C24H31N3O2/c1-17-6-7-21-19(13-17)20-15-26(12-9-24(2,3)29)11-8-22(20)27(21)16-23(28)18-5-4-10-25-14-18/h4-7,10,13-14,23,28-29H,8-9,11-12,15-16H2,1-3H3. The van der Waals surface area contributed by atoms with Crippen LogP contribution in [0.3, 0.4) is 0 Å². The van der Waals surface area contributed by atoms with E-state index in [1.165, 1.54) is 27.7 Å². The highest BCUT2D eigenvalue weighted by molar-refractivity contribution is 5.86. The Kier molecular flexibility index (Phi) is 5.47. The summed E-state index contributed by atoms with van der Waals surface area (Å²) in [7, 11) is 0. The molecule has 1 aromatic carbocycles. The molecule has 1 aliphatic rings. The lowest BCUT2D eigenvalue weighted by molar-refractivity contribution is 0.0556. The zero-order chi connectivity index (χ0) is 20.6. The number of aliphatic hydroxyl groups is 2. The van der Waals surface area contributed by atoms with Crippen molar-refractivity contribution >= 4 is 10.9 Å². The molecule has 5 heteroatoms. The fourth-order valence-electron chi connectivity index (χ4n) is 4.30. The van der Waals surface area contributed by atoms with E-state index in [-0.39, 0.29) is 0 Å². The van der Waals surface area contributed by atoms with E-state index in [0.29, 0.717) is 6.54 Å². The van der Waals surface area contributed by atoms with Crippen molar-refractivity contribution in [2.24, 2.45) is 0 Å². The summed E-state index contributed by atoms with van der Waals surface area (Å²) in [6, 6.07) is 10.4. The molecule has 1 atom stereocenters. The van der Waals surface area contributed by atoms with Gasteiger partial charge in [-0.1, -0.05) is 17.7 Å². The minimum atomic E-state index is -0.640. The maximum Gasteiger partial charge on any atom is 0.0983 e. The molecule has 1 aliphatic heterocycles. The highest BCUT2D eigenvalue weighted by Gasteiger charge is 2.26. The molecule has 0 saturated carbocycles. The molecule has 3 heterocycles. The summed E-state index contributed by atoms with van der Waals surface area (Å²) in [5.74, 6) is 0. The zero-order valence-electron chi connectivity index (χ0n) is 17.6. The molecular weight excluding hydrogens is 362 g/mol. The number of fused-ring (bicyclic) bond motifs is 3. The number of benzene rings is 1. The SMILES string of the molecule is Cc1ccc2c(c1)c1c(n2CC(O)c2cccnc2)CCN(CCC(C)(C)O)C1. The van der Waals surface area contributed by atoms with E-state index in [0.717, 1.165) is 38.0 Å². The molecule has 0 fully saturated rings. The maximum absolute atomic E-state index is 10.8. The zero-order valence-corrected chi connectivity index (χ0v) is 17.6. The first-order valence-electron chi connectivity index (χ1n) is 10.4. The summed E-state index contributed by atoms with van der Waals surface area (Å²) in [5.41, 5.74) is 5.33. The van der Waals surface area contributed by atoms with E-state index < -0.39 is 11.7 Å². The van der Waals surface area contributed by atoms with Gasteiger partial charge in [0.15, 0.2) is 0 Å². The summed E-state index contributed by atoms with van der Waals surface area (Å²) in [4.78, 5) is 6.58. The van der Waals surface area contributed by atoms with Crippen LogP contribution in [0.5, 0.6) is 0 Å². The van der Waals surface area contributed by atoms with Crippen molar-refractivity contribution in [1.82, 2.24) is 14.5 Å². The second-order valence-electron chi connectivity index (χ2n) is 8.95. The van der Waals surface area contributed by atoms with E-state index in [9.17, 15) is 10.2 Å². The molecule has 0 amide bonds. The fraction of sp³-hybridized carbons (Fsp3) is 0.458. The Balaban J connectivity index is 1.66. The molecule has 0 aliphatic carbocycles. The van der Waals surface area contributed by atoms with Crippen LogP contribution in [-0.4, -0.2) is 43.4 Å². The predicted octanol–water partition coefficient (Wildman–Crippen LogP) is 3.60. The van der Waals surface area contributed by atoms with Gasteiger partial charge in [0.1, 0.15) is 0 Å². The minimum absolute atomic E-state index is 0.532. The van der Waals surface area contributed by atoms with Crippen molar-refractivity contribution < 1.29 is 10.2 Å². The Bertz CT molecular complexity index is 989. The van der Waals surface area contributed by atoms with Gasteiger partial charge in [0.2, 0.25) is 0 Å². The van der Waals surface area contributed by atoms with Gasteiger partial charge in [-0.05, 0) is 51.0 Å². The smallest absolute Gasteiger partial charge is 0.0983 e. The van der Waals surface area contributed by atoms with Gasteiger partial charge in [0, 0.05) is 60.6 Å². The maximum atomic E-state index is 10.8. The van der Waals surface area contributed by atoms with Crippen LogP contribution >= 0.6 is 0 Å². The van der Waals surface area contributed by atoms with Crippen LogP contribution in [0, 0.1) is 6.92 Å². The third-order valence-electron chi connectivity index (χ3n) is 5.95. The van der Waals surface area contributed by atoms with Gasteiger partial charge in [-0.2, -0.15) is 0 Å². The van der Waals surface area contributed by atoms with Crippen molar-refractivity contribution in [3.05, 3.63) is 65.1 Å². The van der Waals surface area contributed by atoms with Crippen LogP contribution in [0.25, 0.3) is 10.9 Å². The van der Waals surface area contributed by atoms with Crippen LogP contribution in [0.2, 0.25) is 0 Å². The molecule has 2 N–H and O–H groups in total. The van der Waals surface area contributed by atoms with Crippen LogP contribution in [0.15, 0.2) is 42.7 Å². The van der Waals surface area contributed by atoms with Gasteiger partial charge in [-0.25, -0.2) is 0 Å². The molecule has 0 radical (unpaired) electrons. The average molecular weight is 394 g/mol. The number of nitrogens with zero attached hydrogens (tertiary/aromatic N) is 3. The lowest BCUT2D eigenvalue weighted by Crippen LogP contribution is -2.35. The molecule has 1 unspecified atom stereocenters. The van der Waals surface area contributed by atoms with Crippen LogP contribution in [0.4, 0.5) is 0 Å². The largest absolute Gasteiger partial charge is 0.390 e. The number of aryl methyl sites for hydroxylation is 1. The average Bonchev–Trinajstić information content (AvgIpc) is 2.99. The molecule has 2 aromatic heterocycles. The first kappa shape index (κ1) is 20.1. The monoisotopic (exact) mass is 393 g/mol. The minimum Gasteiger partial charge on any atom is -0.390 e. The summed E-state index contributed by atoms with van der Waals surface area (Å²) < 4.78 is 2.30. The van der Waals surface area contributed by atoms with E-state index in [1.54, 1.807) is 12.4 Å². The first-order valence-corrected chi connectivity index (χ1v) is 10.4. The molecule has 3 aromatic rings. The Labute approximate surface area is 172 Å². The number of hydrogen-bond acceptors (Lipinski definition) is 4. The molecule has 4 rings (SSSR count). The summed E-state index contributed by atoms with van der Waals surface area (Å²) in [5, 5.41) is 22.2. The number of pyridine rings is 1. The number of rotatable bonds is 6. The van der Waals surface area contributed by atoms with Gasteiger partial charge in [-0.3, -0.25) is 9.88 Å². The summed E-state index contributed by atoms with van der Waals surface area (Å²) in [6.07, 6.45) is 4.60. The second kappa shape index (κ2) is 7.90. The molecule has 0 bridgehead atoms. The Morgan fingerprint density at radius 1 is 1.24 bits per heavy atom.